The smallest absolute Gasteiger partial charge is 0.225 e. The molecule has 2 aliphatic carbocycles. The molecule has 2 unspecified atom stereocenters. The van der Waals surface area contributed by atoms with Gasteiger partial charge in [0.2, 0.25) is 11.8 Å². The topological polar surface area (TPSA) is 63.4 Å². The molecular weight excluding hydrogens is 252 g/mol. The van der Waals surface area contributed by atoms with E-state index in [0.29, 0.717) is 11.9 Å². The van der Waals surface area contributed by atoms with Crippen molar-refractivity contribution in [2.75, 3.05) is 6.54 Å². The Morgan fingerprint density at radius 3 is 2.20 bits per heavy atom. The molecular formula is C16H26N2O2. The molecule has 0 aromatic rings. The Kier molecular flexibility index (Phi) is 3.99. The first kappa shape index (κ1) is 13.9. The number of piperidine rings is 1. The van der Waals surface area contributed by atoms with Gasteiger partial charge in [-0.05, 0) is 57.3 Å². The number of nitrogens with two attached hydrogens (primary N) is 1. The van der Waals surface area contributed by atoms with Crippen molar-refractivity contribution in [1.29, 1.82) is 0 Å². The van der Waals surface area contributed by atoms with Crippen LogP contribution in [0.3, 0.4) is 0 Å². The third-order valence-corrected chi connectivity index (χ3v) is 5.76. The standard InChI is InChI=1S/C16H26N2O2/c17-15(19)12-6-8-13(9-7-12)16(20)18-10-2-4-11-3-1-5-14(11)18/h11-14H,1-10H2,(H2,17,19). The molecule has 2 amide bonds. The number of nitrogens with zero attached hydrogens (tertiary/aromatic N) is 1. The average molecular weight is 278 g/mol. The summed E-state index contributed by atoms with van der Waals surface area (Å²) in [5, 5.41) is 0. The van der Waals surface area contributed by atoms with Crippen LogP contribution in [0, 0.1) is 17.8 Å². The summed E-state index contributed by atoms with van der Waals surface area (Å²) in [6, 6.07) is 0.519. The summed E-state index contributed by atoms with van der Waals surface area (Å²) in [5.41, 5.74) is 5.37. The van der Waals surface area contributed by atoms with Crippen molar-refractivity contribution in [3.05, 3.63) is 0 Å². The van der Waals surface area contributed by atoms with Crippen LogP contribution in [0.5, 0.6) is 0 Å². The monoisotopic (exact) mass is 278 g/mol. The highest BCUT2D eigenvalue weighted by molar-refractivity contribution is 5.81. The molecule has 0 aromatic heterocycles. The first-order chi connectivity index (χ1) is 9.66. The van der Waals surface area contributed by atoms with E-state index in [0.717, 1.165) is 38.1 Å². The molecule has 3 fully saturated rings. The molecule has 2 N–H and O–H groups in total. The minimum atomic E-state index is -0.190. The maximum Gasteiger partial charge on any atom is 0.225 e. The zero-order valence-corrected chi connectivity index (χ0v) is 12.2. The molecule has 4 nitrogen and oxygen atoms in total. The van der Waals surface area contributed by atoms with E-state index in [2.05, 4.69) is 4.90 Å². The van der Waals surface area contributed by atoms with E-state index in [1.807, 2.05) is 0 Å². The molecule has 20 heavy (non-hydrogen) atoms. The third-order valence-electron chi connectivity index (χ3n) is 5.76. The van der Waals surface area contributed by atoms with Crippen LogP contribution in [0.1, 0.15) is 57.8 Å². The summed E-state index contributed by atoms with van der Waals surface area (Å²) in [7, 11) is 0. The Morgan fingerprint density at radius 1 is 0.850 bits per heavy atom. The molecule has 0 bridgehead atoms. The predicted octanol–water partition coefficient (Wildman–Crippen LogP) is 2.07. The lowest BCUT2D eigenvalue weighted by Gasteiger charge is -2.40. The second-order valence-electron chi connectivity index (χ2n) is 6.88. The molecule has 0 radical (unpaired) electrons. The Balaban J connectivity index is 1.60. The summed E-state index contributed by atoms with van der Waals surface area (Å²) in [5.74, 6) is 1.08. The molecule has 112 valence electrons. The van der Waals surface area contributed by atoms with Crippen molar-refractivity contribution in [1.82, 2.24) is 4.90 Å². The van der Waals surface area contributed by atoms with Crippen LogP contribution in [0.15, 0.2) is 0 Å². The number of fused-ring (bicyclic) bond motifs is 1. The van der Waals surface area contributed by atoms with E-state index in [1.165, 1.54) is 32.1 Å². The quantitative estimate of drug-likeness (QED) is 0.840. The van der Waals surface area contributed by atoms with Gasteiger partial charge in [0.25, 0.3) is 0 Å². The number of likely N-dealkylation sites (tertiary alicyclic amines) is 1. The number of carbonyl (C=O) groups is 2. The maximum absolute atomic E-state index is 12.8. The number of amides is 2. The Hall–Kier alpha value is -1.06. The summed E-state index contributed by atoms with van der Waals surface area (Å²) in [4.78, 5) is 26.2. The fraction of sp³-hybridized carbons (Fsp3) is 0.875. The van der Waals surface area contributed by atoms with Crippen LogP contribution < -0.4 is 5.73 Å². The lowest BCUT2D eigenvalue weighted by Crippen LogP contribution is -2.49. The summed E-state index contributed by atoms with van der Waals surface area (Å²) in [6.07, 6.45) is 9.57. The summed E-state index contributed by atoms with van der Waals surface area (Å²) < 4.78 is 0. The summed E-state index contributed by atoms with van der Waals surface area (Å²) in [6.45, 7) is 0.954. The molecule has 1 aliphatic heterocycles. The van der Waals surface area contributed by atoms with Crippen LogP contribution in [0.2, 0.25) is 0 Å². The second-order valence-corrected chi connectivity index (χ2v) is 6.88. The first-order valence-corrected chi connectivity index (χ1v) is 8.26. The van der Waals surface area contributed by atoms with Gasteiger partial charge in [-0.25, -0.2) is 0 Å². The normalized spacial score (nSPS) is 37.5. The van der Waals surface area contributed by atoms with E-state index in [9.17, 15) is 9.59 Å². The third kappa shape index (κ3) is 2.57. The largest absolute Gasteiger partial charge is 0.369 e. The van der Waals surface area contributed by atoms with Gasteiger partial charge in [0.05, 0.1) is 0 Å². The second kappa shape index (κ2) is 5.74. The first-order valence-electron chi connectivity index (χ1n) is 8.26. The summed E-state index contributed by atoms with van der Waals surface area (Å²) >= 11 is 0. The average Bonchev–Trinajstić information content (AvgIpc) is 2.95. The van der Waals surface area contributed by atoms with Gasteiger partial charge in [-0.1, -0.05) is 6.42 Å². The van der Waals surface area contributed by atoms with Crippen molar-refractivity contribution in [3.8, 4) is 0 Å². The predicted molar refractivity (Wildman–Crippen MR) is 76.7 cm³/mol. The highest BCUT2D eigenvalue weighted by Crippen LogP contribution is 2.39. The van der Waals surface area contributed by atoms with Crippen molar-refractivity contribution in [2.45, 2.75) is 63.8 Å². The van der Waals surface area contributed by atoms with Gasteiger partial charge < -0.3 is 10.6 Å². The molecule has 3 rings (SSSR count). The zero-order chi connectivity index (χ0) is 14.1. The van der Waals surface area contributed by atoms with Gasteiger partial charge in [-0.2, -0.15) is 0 Å². The van der Waals surface area contributed by atoms with Crippen LogP contribution in [-0.2, 0) is 9.59 Å². The van der Waals surface area contributed by atoms with Gasteiger partial charge in [0.15, 0.2) is 0 Å². The van der Waals surface area contributed by atoms with Crippen LogP contribution >= 0.6 is 0 Å². The van der Waals surface area contributed by atoms with E-state index in [1.54, 1.807) is 0 Å². The van der Waals surface area contributed by atoms with Crippen LogP contribution in [-0.4, -0.2) is 29.3 Å². The van der Waals surface area contributed by atoms with Gasteiger partial charge in [-0.3, -0.25) is 9.59 Å². The van der Waals surface area contributed by atoms with Crippen LogP contribution in [0.25, 0.3) is 0 Å². The van der Waals surface area contributed by atoms with E-state index < -0.39 is 0 Å². The van der Waals surface area contributed by atoms with Crippen molar-refractivity contribution < 1.29 is 9.59 Å². The van der Waals surface area contributed by atoms with Gasteiger partial charge in [0.1, 0.15) is 0 Å². The zero-order valence-electron chi connectivity index (χ0n) is 12.2. The van der Waals surface area contributed by atoms with E-state index >= 15 is 0 Å². The maximum atomic E-state index is 12.8. The van der Waals surface area contributed by atoms with Gasteiger partial charge >= 0.3 is 0 Å². The number of primary amides is 1. The Labute approximate surface area is 121 Å². The molecule has 1 saturated heterocycles. The SMILES string of the molecule is NC(=O)C1CCC(C(=O)N2CCCC3CCCC32)CC1. The molecule has 1 heterocycles. The number of hydrogen-bond donors (Lipinski definition) is 1. The van der Waals surface area contributed by atoms with E-state index in [4.69, 9.17) is 5.73 Å². The minimum absolute atomic E-state index is 0.000338. The van der Waals surface area contributed by atoms with E-state index in [-0.39, 0.29) is 17.7 Å². The van der Waals surface area contributed by atoms with Crippen molar-refractivity contribution >= 4 is 11.8 Å². The van der Waals surface area contributed by atoms with Gasteiger partial charge in [0, 0.05) is 24.4 Å². The lowest BCUT2D eigenvalue weighted by molar-refractivity contribution is -0.142. The van der Waals surface area contributed by atoms with Crippen molar-refractivity contribution in [2.24, 2.45) is 23.5 Å². The fourth-order valence-electron chi connectivity index (χ4n) is 4.59. The highest BCUT2D eigenvalue weighted by Gasteiger charge is 2.40. The van der Waals surface area contributed by atoms with Crippen molar-refractivity contribution in [3.63, 3.8) is 0 Å². The lowest BCUT2D eigenvalue weighted by atomic mass is 9.80. The number of rotatable bonds is 2. The molecule has 0 aromatic carbocycles. The molecule has 4 heteroatoms. The van der Waals surface area contributed by atoms with Gasteiger partial charge in [-0.15, -0.1) is 0 Å². The highest BCUT2D eigenvalue weighted by atomic mass is 16.2. The van der Waals surface area contributed by atoms with Crippen LogP contribution in [0.4, 0.5) is 0 Å². The molecule has 3 aliphatic rings. The molecule has 2 saturated carbocycles. The minimum Gasteiger partial charge on any atom is -0.369 e. The number of carbonyl (C=O) groups excluding carboxylic acids is 2. The Morgan fingerprint density at radius 2 is 1.50 bits per heavy atom. The fourth-order valence-corrected chi connectivity index (χ4v) is 4.59. The number of hydrogen-bond acceptors (Lipinski definition) is 2. The molecule has 0 spiro atoms. The molecule has 2 atom stereocenters. The Bertz CT molecular complexity index is 388.